The summed E-state index contributed by atoms with van der Waals surface area (Å²) in [6, 6.07) is 14.0. The normalized spacial score (nSPS) is 10.0. The predicted octanol–water partition coefficient (Wildman–Crippen LogP) is 3.02. The number of carbonyl (C=O) groups excluding carboxylic acids is 1. The van der Waals surface area contributed by atoms with Gasteiger partial charge in [0.05, 0.1) is 0 Å². The third-order valence-electron chi connectivity index (χ3n) is 3.35. The zero-order chi connectivity index (χ0) is 15.8. The highest BCUT2D eigenvalue weighted by Crippen LogP contribution is 2.17. The van der Waals surface area contributed by atoms with Gasteiger partial charge in [-0.15, -0.1) is 6.58 Å². The number of aromatic nitrogens is 1. The van der Waals surface area contributed by atoms with Crippen molar-refractivity contribution >= 4 is 11.6 Å². The monoisotopic (exact) mass is 295 g/mol. The van der Waals surface area contributed by atoms with Crippen LogP contribution in [0.1, 0.15) is 23.0 Å². The molecule has 0 aliphatic heterocycles. The predicted molar refractivity (Wildman–Crippen MR) is 89.9 cm³/mol. The molecule has 2 rings (SSSR count). The summed E-state index contributed by atoms with van der Waals surface area (Å²) in [4.78, 5) is 18.3. The van der Waals surface area contributed by atoms with E-state index < -0.39 is 0 Å². The van der Waals surface area contributed by atoms with Crippen molar-refractivity contribution in [2.24, 2.45) is 0 Å². The van der Waals surface area contributed by atoms with Gasteiger partial charge in [-0.1, -0.05) is 36.4 Å². The van der Waals surface area contributed by atoms with E-state index >= 15 is 0 Å². The lowest BCUT2D eigenvalue weighted by molar-refractivity contribution is 0.0953. The summed E-state index contributed by atoms with van der Waals surface area (Å²) in [6.07, 6.45) is 3.32. The van der Waals surface area contributed by atoms with Gasteiger partial charge >= 0.3 is 0 Å². The summed E-state index contributed by atoms with van der Waals surface area (Å²) in [6.45, 7) is 7.78. The lowest BCUT2D eigenvalue weighted by Gasteiger charge is -2.23. The molecule has 0 bridgehead atoms. The smallest absolute Gasteiger partial charge is 0.270 e. The molecule has 1 N–H and O–H groups in total. The fraction of sp³-hybridized carbons (Fsp3) is 0.222. The van der Waals surface area contributed by atoms with Crippen LogP contribution in [0.25, 0.3) is 0 Å². The maximum atomic E-state index is 12.0. The Balaban J connectivity index is 2.15. The second kappa shape index (κ2) is 7.98. The van der Waals surface area contributed by atoms with Crippen LogP contribution in [-0.2, 0) is 6.54 Å². The number of carbonyl (C=O) groups is 1. The van der Waals surface area contributed by atoms with E-state index in [1.54, 1.807) is 12.3 Å². The quantitative estimate of drug-likeness (QED) is 0.799. The molecular weight excluding hydrogens is 274 g/mol. The van der Waals surface area contributed by atoms with Crippen molar-refractivity contribution in [1.29, 1.82) is 0 Å². The van der Waals surface area contributed by atoms with Crippen LogP contribution >= 0.6 is 0 Å². The van der Waals surface area contributed by atoms with Gasteiger partial charge in [-0.3, -0.25) is 9.78 Å². The van der Waals surface area contributed by atoms with Gasteiger partial charge in [0.2, 0.25) is 0 Å². The highest BCUT2D eigenvalue weighted by atomic mass is 16.1. The Morgan fingerprint density at radius 2 is 2.09 bits per heavy atom. The van der Waals surface area contributed by atoms with Gasteiger partial charge in [-0.05, 0) is 24.6 Å². The number of benzene rings is 1. The van der Waals surface area contributed by atoms with Crippen LogP contribution in [0.4, 0.5) is 5.69 Å². The molecular formula is C18H21N3O. The van der Waals surface area contributed by atoms with Gasteiger partial charge in [0.1, 0.15) is 5.69 Å². The fourth-order valence-corrected chi connectivity index (χ4v) is 2.19. The molecule has 0 aliphatic rings. The zero-order valence-corrected chi connectivity index (χ0v) is 12.8. The van der Waals surface area contributed by atoms with E-state index in [0.717, 1.165) is 18.8 Å². The average Bonchev–Trinajstić information content (AvgIpc) is 2.58. The number of nitrogens with zero attached hydrogens (tertiary/aromatic N) is 2. The van der Waals surface area contributed by atoms with Crippen molar-refractivity contribution in [2.75, 3.05) is 18.0 Å². The molecule has 0 saturated heterocycles. The van der Waals surface area contributed by atoms with Gasteiger partial charge in [0.15, 0.2) is 0 Å². The standard InChI is InChI=1S/C18H21N3O/c1-3-11-20-18(22)17-13-16(10-12-19-17)21(4-2)14-15-8-6-5-7-9-15/h3,5-10,12-13H,1,4,11,14H2,2H3,(H,20,22). The van der Waals surface area contributed by atoms with Gasteiger partial charge in [-0.2, -0.15) is 0 Å². The first-order chi connectivity index (χ1) is 10.7. The molecule has 1 amide bonds. The summed E-state index contributed by atoms with van der Waals surface area (Å²) in [5.74, 6) is -0.183. The minimum absolute atomic E-state index is 0.183. The first kappa shape index (κ1) is 15.8. The maximum Gasteiger partial charge on any atom is 0.270 e. The van der Waals surface area contributed by atoms with Crippen LogP contribution in [0.15, 0.2) is 61.3 Å². The molecule has 4 heteroatoms. The van der Waals surface area contributed by atoms with Crippen molar-refractivity contribution in [2.45, 2.75) is 13.5 Å². The molecule has 2 aromatic rings. The highest BCUT2D eigenvalue weighted by molar-refractivity contribution is 5.93. The third kappa shape index (κ3) is 4.19. The van der Waals surface area contributed by atoms with Crippen molar-refractivity contribution in [3.05, 3.63) is 72.6 Å². The lowest BCUT2D eigenvalue weighted by atomic mass is 10.2. The van der Waals surface area contributed by atoms with Gasteiger partial charge in [0.25, 0.3) is 5.91 Å². The minimum Gasteiger partial charge on any atom is -0.367 e. The summed E-state index contributed by atoms with van der Waals surface area (Å²) in [5, 5.41) is 2.74. The summed E-state index contributed by atoms with van der Waals surface area (Å²) >= 11 is 0. The third-order valence-corrected chi connectivity index (χ3v) is 3.35. The van der Waals surface area contributed by atoms with Crippen molar-refractivity contribution in [3.63, 3.8) is 0 Å². The number of pyridine rings is 1. The van der Waals surface area contributed by atoms with E-state index in [1.165, 1.54) is 5.56 Å². The first-order valence-corrected chi connectivity index (χ1v) is 7.38. The Morgan fingerprint density at radius 1 is 1.32 bits per heavy atom. The molecule has 0 radical (unpaired) electrons. The molecule has 4 nitrogen and oxygen atoms in total. The van der Waals surface area contributed by atoms with Crippen LogP contribution in [0.3, 0.4) is 0 Å². The van der Waals surface area contributed by atoms with E-state index in [9.17, 15) is 4.79 Å². The molecule has 0 spiro atoms. The molecule has 22 heavy (non-hydrogen) atoms. The van der Waals surface area contributed by atoms with Gasteiger partial charge in [-0.25, -0.2) is 0 Å². The maximum absolute atomic E-state index is 12.0. The van der Waals surface area contributed by atoms with E-state index in [1.807, 2.05) is 30.3 Å². The molecule has 1 aromatic heterocycles. The topological polar surface area (TPSA) is 45.2 Å². The number of anilines is 1. The number of nitrogens with one attached hydrogen (secondary N) is 1. The molecule has 114 valence electrons. The Morgan fingerprint density at radius 3 is 2.77 bits per heavy atom. The van der Waals surface area contributed by atoms with Crippen LogP contribution in [0.5, 0.6) is 0 Å². The second-order valence-corrected chi connectivity index (χ2v) is 4.90. The van der Waals surface area contributed by atoms with E-state index in [4.69, 9.17) is 0 Å². The van der Waals surface area contributed by atoms with Crippen LogP contribution in [0.2, 0.25) is 0 Å². The number of amides is 1. The summed E-state index contributed by atoms with van der Waals surface area (Å²) < 4.78 is 0. The lowest BCUT2D eigenvalue weighted by Crippen LogP contribution is -2.26. The number of hydrogen-bond acceptors (Lipinski definition) is 3. The molecule has 0 atom stereocenters. The minimum atomic E-state index is -0.183. The van der Waals surface area contributed by atoms with E-state index in [0.29, 0.717) is 12.2 Å². The average molecular weight is 295 g/mol. The van der Waals surface area contributed by atoms with Crippen molar-refractivity contribution in [3.8, 4) is 0 Å². The Labute approximate surface area is 131 Å². The zero-order valence-electron chi connectivity index (χ0n) is 12.8. The van der Waals surface area contributed by atoms with E-state index in [-0.39, 0.29) is 5.91 Å². The second-order valence-electron chi connectivity index (χ2n) is 4.90. The molecule has 1 aromatic carbocycles. The van der Waals surface area contributed by atoms with Crippen LogP contribution in [-0.4, -0.2) is 24.0 Å². The Bertz CT molecular complexity index is 625. The molecule has 0 unspecified atom stereocenters. The van der Waals surface area contributed by atoms with Crippen LogP contribution < -0.4 is 10.2 Å². The molecule has 0 aliphatic carbocycles. The highest BCUT2D eigenvalue weighted by Gasteiger charge is 2.10. The summed E-state index contributed by atoms with van der Waals surface area (Å²) in [7, 11) is 0. The van der Waals surface area contributed by atoms with Gasteiger partial charge in [0, 0.05) is 31.5 Å². The molecule has 1 heterocycles. The number of rotatable bonds is 7. The fourth-order valence-electron chi connectivity index (χ4n) is 2.19. The van der Waals surface area contributed by atoms with Crippen molar-refractivity contribution in [1.82, 2.24) is 10.3 Å². The largest absolute Gasteiger partial charge is 0.367 e. The number of hydrogen-bond donors (Lipinski definition) is 1. The van der Waals surface area contributed by atoms with E-state index in [2.05, 4.69) is 40.8 Å². The van der Waals surface area contributed by atoms with Gasteiger partial charge < -0.3 is 10.2 Å². The Hall–Kier alpha value is -2.62. The Kier molecular flexibility index (Phi) is 5.72. The summed E-state index contributed by atoms with van der Waals surface area (Å²) in [5.41, 5.74) is 2.65. The molecule has 0 fully saturated rings. The SMILES string of the molecule is C=CCNC(=O)c1cc(N(CC)Cc2ccccc2)ccn1. The first-order valence-electron chi connectivity index (χ1n) is 7.38. The van der Waals surface area contributed by atoms with Crippen LogP contribution in [0, 0.1) is 0 Å². The molecule has 0 saturated carbocycles. The van der Waals surface area contributed by atoms with Crippen molar-refractivity contribution < 1.29 is 4.79 Å².